The van der Waals surface area contributed by atoms with Gasteiger partial charge in [-0.2, -0.15) is 0 Å². The molecule has 3 rings (SSSR count). The molecule has 104 valence electrons. The number of pyridine rings is 1. The Kier molecular flexibility index (Phi) is 3.78. The molecule has 1 N–H and O–H groups in total. The standard InChI is InChI=1S/C17H14N2O2/c20-17(19-11-13-5-4-8-18-10-13)16-9-15(12-21-16)14-6-2-1-3-7-14/h1-10,12H,11H2,(H,19,20). The number of rotatable bonds is 4. The van der Waals surface area contributed by atoms with E-state index in [9.17, 15) is 4.79 Å². The number of carbonyl (C=O) groups is 1. The molecule has 2 aromatic heterocycles. The minimum atomic E-state index is -0.235. The van der Waals surface area contributed by atoms with Crippen LogP contribution in [-0.2, 0) is 6.54 Å². The second-order valence-electron chi connectivity index (χ2n) is 4.61. The van der Waals surface area contributed by atoms with Crippen molar-refractivity contribution >= 4 is 5.91 Å². The highest BCUT2D eigenvalue weighted by molar-refractivity contribution is 5.92. The molecule has 1 amide bonds. The van der Waals surface area contributed by atoms with Crippen LogP contribution < -0.4 is 5.32 Å². The predicted octanol–water partition coefficient (Wildman–Crippen LogP) is 3.27. The lowest BCUT2D eigenvalue weighted by molar-refractivity contribution is 0.0923. The van der Waals surface area contributed by atoms with E-state index in [4.69, 9.17) is 4.42 Å². The molecule has 0 bridgehead atoms. The van der Waals surface area contributed by atoms with Gasteiger partial charge < -0.3 is 9.73 Å². The molecule has 1 aromatic carbocycles. The van der Waals surface area contributed by atoms with Crippen LogP contribution in [0.1, 0.15) is 16.1 Å². The predicted molar refractivity (Wildman–Crippen MR) is 79.6 cm³/mol. The van der Waals surface area contributed by atoms with Crippen molar-refractivity contribution in [2.24, 2.45) is 0 Å². The molecule has 21 heavy (non-hydrogen) atoms. The fourth-order valence-electron chi connectivity index (χ4n) is 2.01. The molecule has 4 heteroatoms. The first kappa shape index (κ1) is 13.1. The molecular formula is C17H14N2O2. The molecule has 2 heterocycles. The summed E-state index contributed by atoms with van der Waals surface area (Å²) in [5, 5.41) is 2.81. The third-order valence-corrected chi connectivity index (χ3v) is 3.11. The van der Waals surface area contributed by atoms with Gasteiger partial charge in [-0.1, -0.05) is 36.4 Å². The van der Waals surface area contributed by atoms with Crippen LogP contribution in [0.2, 0.25) is 0 Å². The number of amides is 1. The lowest BCUT2D eigenvalue weighted by Crippen LogP contribution is -2.22. The topological polar surface area (TPSA) is 55.1 Å². The quantitative estimate of drug-likeness (QED) is 0.797. The first-order valence-electron chi connectivity index (χ1n) is 6.64. The molecule has 0 aliphatic heterocycles. The van der Waals surface area contributed by atoms with Gasteiger partial charge in [-0.25, -0.2) is 0 Å². The van der Waals surface area contributed by atoms with Gasteiger partial charge in [0.25, 0.3) is 5.91 Å². The van der Waals surface area contributed by atoms with Crippen molar-refractivity contribution in [1.82, 2.24) is 10.3 Å². The molecule has 0 aliphatic rings. The van der Waals surface area contributed by atoms with E-state index in [1.807, 2.05) is 42.5 Å². The van der Waals surface area contributed by atoms with Gasteiger partial charge >= 0.3 is 0 Å². The number of nitrogens with one attached hydrogen (secondary N) is 1. The van der Waals surface area contributed by atoms with E-state index in [2.05, 4.69) is 10.3 Å². The Morgan fingerprint density at radius 2 is 1.95 bits per heavy atom. The zero-order valence-electron chi connectivity index (χ0n) is 11.3. The number of aromatic nitrogens is 1. The van der Waals surface area contributed by atoms with Gasteiger partial charge in [0.05, 0.1) is 6.26 Å². The fraction of sp³-hybridized carbons (Fsp3) is 0.0588. The van der Waals surface area contributed by atoms with Gasteiger partial charge in [-0.05, 0) is 23.3 Å². The highest BCUT2D eigenvalue weighted by Gasteiger charge is 2.11. The zero-order valence-corrected chi connectivity index (χ0v) is 11.3. The van der Waals surface area contributed by atoms with Crippen LogP contribution in [0.4, 0.5) is 0 Å². The number of nitrogens with zero attached hydrogens (tertiary/aromatic N) is 1. The molecule has 4 nitrogen and oxygen atoms in total. The van der Waals surface area contributed by atoms with E-state index in [1.54, 1.807) is 24.7 Å². The minimum absolute atomic E-state index is 0.235. The summed E-state index contributed by atoms with van der Waals surface area (Å²) in [4.78, 5) is 16.0. The molecule has 0 aliphatic carbocycles. The average molecular weight is 278 g/mol. The van der Waals surface area contributed by atoms with Gasteiger partial charge in [-0.15, -0.1) is 0 Å². The largest absolute Gasteiger partial charge is 0.459 e. The highest BCUT2D eigenvalue weighted by Crippen LogP contribution is 2.21. The number of carbonyl (C=O) groups excluding carboxylic acids is 1. The summed E-state index contributed by atoms with van der Waals surface area (Å²) >= 11 is 0. The van der Waals surface area contributed by atoms with Crippen molar-refractivity contribution in [2.75, 3.05) is 0 Å². The Morgan fingerprint density at radius 1 is 1.10 bits per heavy atom. The van der Waals surface area contributed by atoms with Crippen molar-refractivity contribution in [3.05, 3.63) is 78.5 Å². The Labute approximate surface area is 122 Å². The van der Waals surface area contributed by atoms with Gasteiger partial charge in [0, 0.05) is 24.5 Å². The van der Waals surface area contributed by atoms with E-state index in [0.29, 0.717) is 12.3 Å². The molecular weight excluding hydrogens is 264 g/mol. The van der Waals surface area contributed by atoms with Crippen molar-refractivity contribution in [3.8, 4) is 11.1 Å². The summed E-state index contributed by atoms with van der Waals surface area (Å²) in [6, 6.07) is 15.3. The first-order chi connectivity index (χ1) is 10.3. The highest BCUT2D eigenvalue weighted by atomic mass is 16.3. The lowest BCUT2D eigenvalue weighted by atomic mass is 10.1. The zero-order chi connectivity index (χ0) is 14.5. The molecule has 0 atom stereocenters. The second-order valence-corrected chi connectivity index (χ2v) is 4.61. The molecule has 3 aromatic rings. The van der Waals surface area contributed by atoms with Gasteiger partial charge in [-0.3, -0.25) is 9.78 Å². The van der Waals surface area contributed by atoms with Crippen molar-refractivity contribution in [2.45, 2.75) is 6.54 Å². The van der Waals surface area contributed by atoms with E-state index in [-0.39, 0.29) is 5.91 Å². The van der Waals surface area contributed by atoms with Crippen LogP contribution >= 0.6 is 0 Å². The molecule has 0 spiro atoms. The Hall–Kier alpha value is -2.88. The van der Waals surface area contributed by atoms with Gasteiger partial charge in [0.15, 0.2) is 5.76 Å². The maximum Gasteiger partial charge on any atom is 0.287 e. The van der Waals surface area contributed by atoms with Crippen molar-refractivity contribution in [1.29, 1.82) is 0 Å². The van der Waals surface area contributed by atoms with Gasteiger partial charge in [0.2, 0.25) is 0 Å². The monoisotopic (exact) mass is 278 g/mol. The van der Waals surface area contributed by atoms with Crippen LogP contribution in [0.25, 0.3) is 11.1 Å². The summed E-state index contributed by atoms with van der Waals surface area (Å²) in [6.07, 6.45) is 5.01. The lowest BCUT2D eigenvalue weighted by Gasteiger charge is -2.02. The maximum absolute atomic E-state index is 12.0. The summed E-state index contributed by atoms with van der Waals surface area (Å²) in [6.45, 7) is 0.425. The number of furan rings is 1. The first-order valence-corrected chi connectivity index (χ1v) is 6.64. The van der Waals surface area contributed by atoms with Gasteiger partial charge in [0.1, 0.15) is 0 Å². The Morgan fingerprint density at radius 3 is 2.71 bits per heavy atom. The average Bonchev–Trinajstić information content (AvgIpc) is 3.04. The summed E-state index contributed by atoms with van der Waals surface area (Å²) < 4.78 is 5.34. The molecule has 0 saturated carbocycles. The third kappa shape index (κ3) is 3.17. The maximum atomic E-state index is 12.0. The molecule has 0 saturated heterocycles. The summed E-state index contributed by atoms with van der Waals surface area (Å²) in [7, 11) is 0. The summed E-state index contributed by atoms with van der Waals surface area (Å²) in [5.74, 6) is 0.0683. The third-order valence-electron chi connectivity index (χ3n) is 3.11. The van der Waals surface area contributed by atoms with Crippen LogP contribution in [-0.4, -0.2) is 10.9 Å². The molecule has 0 fully saturated rings. The smallest absolute Gasteiger partial charge is 0.287 e. The summed E-state index contributed by atoms with van der Waals surface area (Å²) in [5.41, 5.74) is 2.86. The number of hydrogen-bond acceptors (Lipinski definition) is 3. The van der Waals surface area contributed by atoms with Crippen LogP contribution in [0.15, 0.2) is 71.6 Å². The van der Waals surface area contributed by atoms with E-state index < -0.39 is 0 Å². The second kappa shape index (κ2) is 6.05. The van der Waals surface area contributed by atoms with E-state index in [1.165, 1.54) is 0 Å². The number of hydrogen-bond donors (Lipinski definition) is 1. The van der Waals surface area contributed by atoms with Crippen molar-refractivity contribution in [3.63, 3.8) is 0 Å². The van der Waals surface area contributed by atoms with Crippen molar-refractivity contribution < 1.29 is 9.21 Å². The van der Waals surface area contributed by atoms with E-state index >= 15 is 0 Å². The molecule has 0 unspecified atom stereocenters. The van der Waals surface area contributed by atoms with Crippen LogP contribution in [0.5, 0.6) is 0 Å². The van der Waals surface area contributed by atoms with Crippen LogP contribution in [0, 0.1) is 0 Å². The Balaban J connectivity index is 1.67. The number of benzene rings is 1. The molecule has 0 radical (unpaired) electrons. The minimum Gasteiger partial charge on any atom is -0.459 e. The normalized spacial score (nSPS) is 10.3. The SMILES string of the molecule is O=C(NCc1cccnc1)c1cc(-c2ccccc2)co1. The van der Waals surface area contributed by atoms with Crippen LogP contribution in [0.3, 0.4) is 0 Å². The Bertz CT molecular complexity index is 721. The van der Waals surface area contributed by atoms with E-state index in [0.717, 1.165) is 16.7 Å². The fourth-order valence-corrected chi connectivity index (χ4v) is 2.01.